The molecule has 5 aliphatic rings. The van der Waals surface area contributed by atoms with E-state index < -0.39 is 0 Å². The second kappa shape index (κ2) is 8.80. The summed E-state index contributed by atoms with van der Waals surface area (Å²) in [7, 11) is 0. The van der Waals surface area contributed by atoms with E-state index in [9.17, 15) is 5.11 Å². The molecule has 4 aliphatic carbocycles. The highest BCUT2D eigenvalue weighted by atomic mass is 16.5. The Labute approximate surface area is 182 Å². The van der Waals surface area contributed by atoms with Gasteiger partial charge in [-0.25, -0.2) is 0 Å². The minimum atomic E-state index is 0.391. The predicted octanol–water partition coefficient (Wildman–Crippen LogP) is 4.89. The Morgan fingerprint density at radius 1 is 1.20 bits per heavy atom. The van der Waals surface area contributed by atoms with Gasteiger partial charge in [-0.3, -0.25) is 4.90 Å². The third-order valence-corrected chi connectivity index (χ3v) is 9.12. The van der Waals surface area contributed by atoms with E-state index in [0.717, 1.165) is 70.2 Å². The van der Waals surface area contributed by atoms with Crippen LogP contribution in [0.4, 0.5) is 0 Å². The minimum Gasteiger partial charge on any atom is -0.508 e. The molecule has 30 heavy (non-hydrogen) atoms. The number of hydrogen-bond donors (Lipinski definition) is 1. The van der Waals surface area contributed by atoms with Gasteiger partial charge in [0.2, 0.25) is 0 Å². The van der Waals surface area contributed by atoms with Crippen molar-refractivity contribution < 1.29 is 14.6 Å². The lowest BCUT2D eigenvalue weighted by Gasteiger charge is -2.52. The van der Waals surface area contributed by atoms with Gasteiger partial charge in [0.15, 0.2) is 0 Å². The SMILES string of the molecule is CC12CCC3C4CC=C(O)C=C4CCC3C1CC/C2=C\COCCN1CCOCC1. The molecule has 1 saturated heterocycles. The summed E-state index contributed by atoms with van der Waals surface area (Å²) in [5, 5.41) is 9.92. The molecule has 0 aromatic heterocycles. The van der Waals surface area contributed by atoms with Gasteiger partial charge in [-0.2, -0.15) is 0 Å². The Kier molecular flexibility index (Phi) is 6.10. The van der Waals surface area contributed by atoms with Crippen molar-refractivity contribution in [2.24, 2.45) is 29.1 Å². The van der Waals surface area contributed by atoms with Crippen molar-refractivity contribution in [2.75, 3.05) is 46.1 Å². The van der Waals surface area contributed by atoms with Gasteiger partial charge in [0.1, 0.15) is 5.76 Å². The number of nitrogens with zero attached hydrogens (tertiary/aromatic N) is 1. The fourth-order valence-electron chi connectivity index (χ4n) is 7.47. The third kappa shape index (κ3) is 3.91. The van der Waals surface area contributed by atoms with Gasteiger partial charge in [0.25, 0.3) is 0 Å². The molecule has 4 heteroatoms. The Morgan fingerprint density at radius 3 is 2.93 bits per heavy atom. The first-order chi connectivity index (χ1) is 14.6. The summed E-state index contributed by atoms with van der Waals surface area (Å²) in [6, 6.07) is 0. The zero-order valence-corrected chi connectivity index (χ0v) is 18.7. The fraction of sp³-hybridized carbons (Fsp3) is 0.769. The lowest BCUT2D eigenvalue weighted by atomic mass is 9.52. The molecule has 5 rings (SSSR count). The number of hydrogen-bond acceptors (Lipinski definition) is 4. The van der Waals surface area contributed by atoms with E-state index in [1.165, 1.54) is 44.1 Å². The normalized spacial score (nSPS) is 40.4. The average Bonchev–Trinajstić information content (AvgIpc) is 3.10. The van der Waals surface area contributed by atoms with E-state index in [-0.39, 0.29) is 0 Å². The van der Waals surface area contributed by atoms with Crippen molar-refractivity contribution in [1.29, 1.82) is 0 Å². The molecule has 166 valence electrons. The molecule has 5 atom stereocenters. The van der Waals surface area contributed by atoms with E-state index in [1.54, 1.807) is 5.57 Å². The van der Waals surface area contributed by atoms with Crippen molar-refractivity contribution in [1.82, 2.24) is 4.90 Å². The van der Waals surface area contributed by atoms with Crippen LogP contribution in [0.1, 0.15) is 51.9 Å². The monoisotopic (exact) mass is 413 g/mol. The van der Waals surface area contributed by atoms with Gasteiger partial charge in [-0.1, -0.05) is 24.1 Å². The molecule has 3 saturated carbocycles. The number of aliphatic hydroxyl groups is 1. The minimum absolute atomic E-state index is 0.391. The van der Waals surface area contributed by atoms with Crippen molar-refractivity contribution in [3.8, 4) is 0 Å². The van der Waals surface area contributed by atoms with Gasteiger partial charge >= 0.3 is 0 Å². The largest absolute Gasteiger partial charge is 0.508 e. The fourth-order valence-corrected chi connectivity index (χ4v) is 7.47. The molecule has 1 aliphatic heterocycles. The van der Waals surface area contributed by atoms with E-state index in [4.69, 9.17) is 9.47 Å². The summed E-state index contributed by atoms with van der Waals surface area (Å²) < 4.78 is 11.4. The van der Waals surface area contributed by atoms with Crippen LogP contribution in [0.15, 0.2) is 35.1 Å². The molecule has 0 aromatic carbocycles. The third-order valence-electron chi connectivity index (χ3n) is 9.12. The first-order valence-electron chi connectivity index (χ1n) is 12.3. The topological polar surface area (TPSA) is 41.9 Å². The average molecular weight is 414 g/mol. The summed E-state index contributed by atoms with van der Waals surface area (Å²) in [6.07, 6.45) is 15.5. The van der Waals surface area contributed by atoms with Crippen LogP contribution in [0.2, 0.25) is 0 Å². The quantitative estimate of drug-likeness (QED) is 0.515. The van der Waals surface area contributed by atoms with E-state index in [2.05, 4.69) is 30.1 Å². The smallest absolute Gasteiger partial charge is 0.111 e. The molecule has 4 fully saturated rings. The zero-order chi connectivity index (χ0) is 20.6. The first kappa shape index (κ1) is 20.8. The second-order valence-corrected chi connectivity index (χ2v) is 10.4. The van der Waals surface area contributed by atoms with E-state index >= 15 is 0 Å². The molecule has 1 N–H and O–H groups in total. The van der Waals surface area contributed by atoms with Crippen molar-refractivity contribution in [3.63, 3.8) is 0 Å². The van der Waals surface area contributed by atoms with Gasteiger partial charge in [-0.05, 0) is 86.2 Å². The highest BCUT2D eigenvalue weighted by Gasteiger charge is 2.53. The summed E-state index contributed by atoms with van der Waals surface area (Å²) in [5.41, 5.74) is 3.60. The molecular formula is C26H39NO3. The van der Waals surface area contributed by atoms with E-state index in [1.807, 2.05) is 0 Å². The molecule has 0 spiro atoms. The number of fused-ring (bicyclic) bond motifs is 5. The van der Waals surface area contributed by atoms with Crippen LogP contribution in [0.3, 0.4) is 0 Å². The van der Waals surface area contributed by atoms with Crippen LogP contribution in [0.25, 0.3) is 0 Å². The van der Waals surface area contributed by atoms with Gasteiger partial charge in [0, 0.05) is 19.6 Å². The number of rotatable bonds is 5. The Bertz CT molecular complexity index is 720. The Hall–Kier alpha value is -1.10. The first-order valence-corrected chi connectivity index (χ1v) is 12.3. The zero-order valence-electron chi connectivity index (χ0n) is 18.7. The number of aliphatic hydroxyl groups excluding tert-OH is 1. The van der Waals surface area contributed by atoms with Gasteiger partial charge in [-0.15, -0.1) is 0 Å². The molecule has 1 heterocycles. The predicted molar refractivity (Wildman–Crippen MR) is 119 cm³/mol. The van der Waals surface area contributed by atoms with Crippen molar-refractivity contribution in [3.05, 3.63) is 35.1 Å². The maximum Gasteiger partial charge on any atom is 0.111 e. The summed E-state index contributed by atoms with van der Waals surface area (Å²) in [4.78, 5) is 2.44. The lowest BCUT2D eigenvalue weighted by molar-refractivity contribution is 0.0158. The van der Waals surface area contributed by atoms with Crippen LogP contribution in [-0.2, 0) is 9.47 Å². The van der Waals surface area contributed by atoms with Crippen LogP contribution in [0.5, 0.6) is 0 Å². The van der Waals surface area contributed by atoms with Gasteiger partial charge < -0.3 is 14.6 Å². The summed E-state index contributed by atoms with van der Waals surface area (Å²) in [5.74, 6) is 3.74. The van der Waals surface area contributed by atoms with Crippen LogP contribution >= 0.6 is 0 Å². The van der Waals surface area contributed by atoms with Crippen molar-refractivity contribution in [2.45, 2.75) is 51.9 Å². The number of allylic oxidation sites excluding steroid dienone is 4. The highest BCUT2D eigenvalue weighted by molar-refractivity contribution is 5.30. The Balaban J connectivity index is 1.17. The molecule has 0 amide bonds. The molecule has 4 nitrogen and oxygen atoms in total. The summed E-state index contributed by atoms with van der Waals surface area (Å²) >= 11 is 0. The number of ether oxygens (including phenoxy) is 2. The maximum absolute atomic E-state index is 9.92. The van der Waals surface area contributed by atoms with Crippen LogP contribution < -0.4 is 0 Å². The molecule has 5 unspecified atom stereocenters. The van der Waals surface area contributed by atoms with Crippen molar-refractivity contribution >= 4 is 0 Å². The molecule has 0 radical (unpaired) electrons. The van der Waals surface area contributed by atoms with Crippen LogP contribution in [-0.4, -0.2) is 56.1 Å². The Morgan fingerprint density at radius 2 is 2.07 bits per heavy atom. The highest BCUT2D eigenvalue weighted by Crippen LogP contribution is 2.63. The molecular weight excluding hydrogens is 374 g/mol. The van der Waals surface area contributed by atoms with Crippen LogP contribution in [0, 0.1) is 29.1 Å². The molecule has 0 bridgehead atoms. The lowest BCUT2D eigenvalue weighted by Crippen LogP contribution is -2.44. The summed E-state index contributed by atoms with van der Waals surface area (Å²) in [6.45, 7) is 8.99. The standard InChI is InChI=1S/C26H39NO3/c1-26-10-8-23-22-6-4-21(28)18-19(22)2-5-24(23)25(26)7-3-20(26)9-14-29-15-11-27-12-16-30-17-13-27/h4,9,18,22-25,28H,2-3,5-8,10-17H2,1H3/b20-9+. The molecule has 0 aromatic rings. The second-order valence-electron chi connectivity index (χ2n) is 10.4. The maximum atomic E-state index is 9.92. The number of morpholine rings is 1. The van der Waals surface area contributed by atoms with Gasteiger partial charge in [0.05, 0.1) is 26.4 Å². The van der Waals surface area contributed by atoms with E-state index in [0.29, 0.717) is 17.1 Å².